The molecule has 1 saturated heterocycles. The summed E-state index contributed by atoms with van der Waals surface area (Å²) >= 11 is 0. The van der Waals surface area contributed by atoms with Crippen LogP contribution < -0.4 is 0 Å². The van der Waals surface area contributed by atoms with Crippen molar-refractivity contribution >= 4 is 5.97 Å². The second-order valence-electron chi connectivity index (χ2n) is 5.57. The van der Waals surface area contributed by atoms with Gasteiger partial charge in [-0.3, -0.25) is 4.79 Å². The van der Waals surface area contributed by atoms with Crippen molar-refractivity contribution in [1.82, 2.24) is 9.80 Å². The van der Waals surface area contributed by atoms with E-state index < -0.39 is 11.4 Å². The van der Waals surface area contributed by atoms with Gasteiger partial charge in [0.2, 0.25) is 0 Å². The molecule has 0 aliphatic carbocycles. The Hall–Kier alpha value is -0.610. The predicted octanol–water partition coefficient (Wildman–Crippen LogP) is 1.51. The standard InChI is InChI=1S/C13H26N2O2/c1-4-14-8-10-15(11-9-14)7-5-6-13(2,3)12(16)17/h4-11H2,1-3H3,(H,16,17). The molecule has 4 heteroatoms. The number of likely N-dealkylation sites (N-methyl/N-ethyl adjacent to an activating group) is 1. The van der Waals surface area contributed by atoms with Gasteiger partial charge in [0.25, 0.3) is 0 Å². The van der Waals surface area contributed by atoms with Crippen molar-refractivity contribution in [3.8, 4) is 0 Å². The van der Waals surface area contributed by atoms with Crippen LogP contribution in [0.1, 0.15) is 33.6 Å². The molecule has 0 aromatic heterocycles. The minimum absolute atomic E-state index is 0.578. The van der Waals surface area contributed by atoms with Gasteiger partial charge in [0.05, 0.1) is 5.41 Å². The van der Waals surface area contributed by atoms with Crippen LogP contribution in [-0.4, -0.2) is 60.1 Å². The van der Waals surface area contributed by atoms with E-state index in [9.17, 15) is 4.79 Å². The normalized spacial score (nSPS) is 19.5. The molecule has 4 nitrogen and oxygen atoms in total. The van der Waals surface area contributed by atoms with Gasteiger partial charge in [-0.05, 0) is 39.8 Å². The number of nitrogens with zero attached hydrogens (tertiary/aromatic N) is 2. The van der Waals surface area contributed by atoms with E-state index in [1.54, 1.807) is 0 Å². The van der Waals surface area contributed by atoms with Crippen molar-refractivity contribution in [3.05, 3.63) is 0 Å². The molecule has 1 aliphatic heterocycles. The minimum atomic E-state index is -0.687. The first kappa shape index (κ1) is 14.5. The third-order valence-corrected chi connectivity index (χ3v) is 3.77. The van der Waals surface area contributed by atoms with Gasteiger partial charge in [0.1, 0.15) is 0 Å². The lowest BCUT2D eigenvalue weighted by molar-refractivity contribution is -0.147. The molecule has 0 spiro atoms. The molecular formula is C13H26N2O2. The van der Waals surface area contributed by atoms with E-state index in [1.807, 2.05) is 13.8 Å². The Morgan fingerprint density at radius 1 is 1.18 bits per heavy atom. The Bertz CT molecular complexity index is 246. The van der Waals surface area contributed by atoms with Crippen LogP contribution in [0.15, 0.2) is 0 Å². The zero-order valence-electron chi connectivity index (χ0n) is 11.4. The highest BCUT2D eigenvalue weighted by Gasteiger charge is 2.26. The summed E-state index contributed by atoms with van der Waals surface area (Å²) in [5.74, 6) is -0.687. The van der Waals surface area contributed by atoms with Crippen molar-refractivity contribution in [2.75, 3.05) is 39.3 Å². The van der Waals surface area contributed by atoms with E-state index >= 15 is 0 Å². The lowest BCUT2D eigenvalue weighted by Gasteiger charge is -2.34. The molecule has 100 valence electrons. The topological polar surface area (TPSA) is 43.8 Å². The summed E-state index contributed by atoms with van der Waals surface area (Å²) in [7, 11) is 0. The molecule has 0 atom stereocenters. The molecule has 1 aliphatic rings. The maximum atomic E-state index is 11.0. The van der Waals surface area contributed by atoms with E-state index in [0.29, 0.717) is 0 Å². The zero-order chi connectivity index (χ0) is 12.9. The molecule has 0 saturated carbocycles. The number of carboxylic acid groups (broad SMARTS) is 1. The van der Waals surface area contributed by atoms with E-state index in [4.69, 9.17) is 5.11 Å². The van der Waals surface area contributed by atoms with Gasteiger partial charge < -0.3 is 14.9 Å². The number of aliphatic carboxylic acids is 1. The molecular weight excluding hydrogens is 216 g/mol. The van der Waals surface area contributed by atoms with Gasteiger partial charge in [-0.25, -0.2) is 0 Å². The lowest BCUT2D eigenvalue weighted by Crippen LogP contribution is -2.46. The fraction of sp³-hybridized carbons (Fsp3) is 0.923. The van der Waals surface area contributed by atoms with Gasteiger partial charge in [-0.1, -0.05) is 6.92 Å². The van der Waals surface area contributed by atoms with Crippen molar-refractivity contribution < 1.29 is 9.90 Å². The predicted molar refractivity (Wildman–Crippen MR) is 69.2 cm³/mol. The molecule has 0 aromatic carbocycles. The number of carboxylic acids is 1. The summed E-state index contributed by atoms with van der Waals surface area (Å²) in [5, 5.41) is 9.02. The highest BCUT2D eigenvalue weighted by molar-refractivity contribution is 5.73. The van der Waals surface area contributed by atoms with Crippen LogP contribution in [0.2, 0.25) is 0 Å². The van der Waals surface area contributed by atoms with Crippen molar-refractivity contribution in [3.63, 3.8) is 0 Å². The minimum Gasteiger partial charge on any atom is -0.481 e. The number of hydrogen-bond acceptors (Lipinski definition) is 3. The Labute approximate surface area is 105 Å². The summed E-state index contributed by atoms with van der Waals surface area (Å²) in [5.41, 5.74) is -0.578. The van der Waals surface area contributed by atoms with Gasteiger partial charge in [-0.2, -0.15) is 0 Å². The molecule has 0 aromatic rings. The number of piperazine rings is 1. The number of carbonyl (C=O) groups is 1. The Balaban J connectivity index is 2.18. The number of hydrogen-bond donors (Lipinski definition) is 1. The molecule has 1 fully saturated rings. The molecule has 1 heterocycles. The van der Waals surface area contributed by atoms with Crippen LogP contribution in [0.5, 0.6) is 0 Å². The average Bonchev–Trinajstić information content (AvgIpc) is 2.29. The summed E-state index contributed by atoms with van der Waals surface area (Å²) in [4.78, 5) is 15.9. The fourth-order valence-electron chi connectivity index (χ4n) is 2.18. The van der Waals surface area contributed by atoms with Crippen LogP contribution in [0, 0.1) is 5.41 Å². The smallest absolute Gasteiger partial charge is 0.309 e. The SMILES string of the molecule is CCN1CCN(CCCC(C)(C)C(=O)O)CC1. The van der Waals surface area contributed by atoms with E-state index in [1.165, 1.54) is 0 Å². The fourth-order valence-corrected chi connectivity index (χ4v) is 2.18. The first-order valence-electron chi connectivity index (χ1n) is 6.64. The van der Waals surface area contributed by atoms with Crippen molar-refractivity contribution in [2.24, 2.45) is 5.41 Å². The largest absolute Gasteiger partial charge is 0.481 e. The third-order valence-electron chi connectivity index (χ3n) is 3.77. The molecule has 0 radical (unpaired) electrons. The van der Waals surface area contributed by atoms with Crippen LogP contribution in [-0.2, 0) is 4.79 Å². The monoisotopic (exact) mass is 242 g/mol. The highest BCUT2D eigenvalue weighted by atomic mass is 16.4. The van der Waals surface area contributed by atoms with Crippen LogP contribution in [0.25, 0.3) is 0 Å². The molecule has 0 amide bonds. The van der Waals surface area contributed by atoms with E-state index in [2.05, 4.69) is 16.7 Å². The van der Waals surface area contributed by atoms with Gasteiger partial charge >= 0.3 is 5.97 Å². The second kappa shape index (κ2) is 6.36. The Morgan fingerprint density at radius 3 is 2.18 bits per heavy atom. The van der Waals surface area contributed by atoms with Gasteiger partial charge in [0.15, 0.2) is 0 Å². The zero-order valence-corrected chi connectivity index (χ0v) is 11.4. The molecule has 0 unspecified atom stereocenters. The van der Waals surface area contributed by atoms with Gasteiger partial charge in [-0.15, -0.1) is 0 Å². The molecule has 1 N–H and O–H groups in total. The van der Waals surface area contributed by atoms with Crippen molar-refractivity contribution in [2.45, 2.75) is 33.6 Å². The summed E-state index contributed by atoms with van der Waals surface area (Å²) in [6.45, 7) is 12.5. The lowest BCUT2D eigenvalue weighted by atomic mass is 9.88. The quantitative estimate of drug-likeness (QED) is 0.767. The average molecular weight is 242 g/mol. The first-order chi connectivity index (χ1) is 7.95. The first-order valence-corrected chi connectivity index (χ1v) is 6.64. The highest BCUT2D eigenvalue weighted by Crippen LogP contribution is 2.22. The third kappa shape index (κ3) is 4.64. The number of rotatable bonds is 6. The van der Waals surface area contributed by atoms with Gasteiger partial charge in [0, 0.05) is 26.2 Å². The molecule has 17 heavy (non-hydrogen) atoms. The summed E-state index contributed by atoms with van der Waals surface area (Å²) in [6, 6.07) is 0. The summed E-state index contributed by atoms with van der Waals surface area (Å²) < 4.78 is 0. The maximum absolute atomic E-state index is 11.0. The Morgan fingerprint density at radius 2 is 1.71 bits per heavy atom. The van der Waals surface area contributed by atoms with Crippen LogP contribution >= 0.6 is 0 Å². The summed E-state index contributed by atoms with van der Waals surface area (Å²) in [6.07, 6.45) is 1.74. The molecule has 0 bridgehead atoms. The maximum Gasteiger partial charge on any atom is 0.309 e. The van der Waals surface area contributed by atoms with Crippen LogP contribution in [0.3, 0.4) is 0 Å². The van der Waals surface area contributed by atoms with E-state index in [-0.39, 0.29) is 0 Å². The van der Waals surface area contributed by atoms with Crippen molar-refractivity contribution in [1.29, 1.82) is 0 Å². The molecule has 1 rings (SSSR count). The van der Waals surface area contributed by atoms with Crippen LogP contribution in [0.4, 0.5) is 0 Å². The Kier molecular flexibility index (Phi) is 5.40. The second-order valence-corrected chi connectivity index (χ2v) is 5.57. The van der Waals surface area contributed by atoms with E-state index in [0.717, 1.165) is 52.1 Å².